The molecule has 92 valence electrons. The van der Waals surface area contributed by atoms with Crippen LogP contribution in [-0.4, -0.2) is 17.6 Å². The van der Waals surface area contributed by atoms with Gasteiger partial charge in [0, 0.05) is 6.20 Å². The van der Waals surface area contributed by atoms with Gasteiger partial charge in [-0.25, -0.2) is 4.79 Å². The van der Waals surface area contributed by atoms with Crippen LogP contribution in [0, 0.1) is 0 Å². The lowest BCUT2D eigenvalue weighted by Crippen LogP contribution is -2.04. The van der Waals surface area contributed by atoms with E-state index in [0.29, 0.717) is 23.7 Å². The Bertz CT molecular complexity index is 526. The molecular weight excluding hydrogens is 230 g/mol. The van der Waals surface area contributed by atoms with Gasteiger partial charge in [0.25, 0.3) is 0 Å². The van der Waals surface area contributed by atoms with Crippen molar-refractivity contribution >= 4 is 5.97 Å². The van der Waals surface area contributed by atoms with E-state index in [0.717, 1.165) is 0 Å². The van der Waals surface area contributed by atoms with Crippen LogP contribution >= 0.6 is 0 Å². The van der Waals surface area contributed by atoms with Crippen LogP contribution in [0.1, 0.15) is 17.3 Å². The molecule has 1 aromatic carbocycles. The summed E-state index contributed by atoms with van der Waals surface area (Å²) in [5.74, 6) is 0.848. The zero-order valence-electron chi connectivity index (χ0n) is 10.00. The molecule has 2 aromatic rings. The summed E-state index contributed by atoms with van der Waals surface area (Å²) >= 11 is 0. The number of pyridine rings is 1. The second kappa shape index (κ2) is 5.82. The van der Waals surface area contributed by atoms with Crippen LogP contribution in [0.3, 0.4) is 0 Å². The Morgan fingerprint density at radius 2 is 2.06 bits per heavy atom. The molecule has 18 heavy (non-hydrogen) atoms. The number of ether oxygens (including phenoxy) is 2. The number of hydrogen-bond acceptors (Lipinski definition) is 4. The highest BCUT2D eigenvalue weighted by atomic mass is 16.5. The highest BCUT2D eigenvalue weighted by Gasteiger charge is 2.07. The summed E-state index contributed by atoms with van der Waals surface area (Å²) in [6.45, 7) is 2.13. The molecule has 0 atom stereocenters. The molecule has 0 spiro atoms. The topological polar surface area (TPSA) is 48.4 Å². The van der Waals surface area contributed by atoms with E-state index in [4.69, 9.17) is 9.47 Å². The Balaban J connectivity index is 2.15. The average Bonchev–Trinajstić information content (AvgIpc) is 2.40. The van der Waals surface area contributed by atoms with Crippen molar-refractivity contribution in [2.75, 3.05) is 6.61 Å². The van der Waals surface area contributed by atoms with E-state index >= 15 is 0 Å². The Hall–Kier alpha value is -2.36. The number of rotatable bonds is 4. The highest BCUT2D eigenvalue weighted by molar-refractivity contribution is 5.89. The Morgan fingerprint density at radius 1 is 1.22 bits per heavy atom. The van der Waals surface area contributed by atoms with Crippen molar-refractivity contribution in [3.63, 3.8) is 0 Å². The highest BCUT2D eigenvalue weighted by Crippen LogP contribution is 2.21. The zero-order valence-corrected chi connectivity index (χ0v) is 10.00. The monoisotopic (exact) mass is 243 g/mol. The zero-order chi connectivity index (χ0) is 12.8. The first-order chi connectivity index (χ1) is 8.79. The molecule has 0 radical (unpaired) electrons. The van der Waals surface area contributed by atoms with Gasteiger partial charge in [0.2, 0.25) is 0 Å². The minimum absolute atomic E-state index is 0.353. The Kier molecular flexibility index (Phi) is 3.91. The van der Waals surface area contributed by atoms with Crippen molar-refractivity contribution in [2.24, 2.45) is 0 Å². The smallest absolute Gasteiger partial charge is 0.338 e. The summed E-state index contributed by atoms with van der Waals surface area (Å²) in [6.07, 6.45) is 3.28. The molecule has 0 amide bonds. The van der Waals surface area contributed by atoms with E-state index in [-0.39, 0.29) is 5.97 Å². The van der Waals surface area contributed by atoms with Crippen LogP contribution in [-0.2, 0) is 4.74 Å². The van der Waals surface area contributed by atoms with E-state index < -0.39 is 0 Å². The normalized spacial score (nSPS) is 9.83. The molecule has 0 aliphatic heterocycles. The third-order valence-electron chi connectivity index (χ3n) is 2.22. The lowest BCUT2D eigenvalue weighted by molar-refractivity contribution is 0.0526. The van der Waals surface area contributed by atoms with Crippen molar-refractivity contribution in [3.05, 3.63) is 54.4 Å². The van der Waals surface area contributed by atoms with Gasteiger partial charge in [0.05, 0.1) is 18.4 Å². The maximum Gasteiger partial charge on any atom is 0.338 e. The van der Waals surface area contributed by atoms with Crippen molar-refractivity contribution in [3.8, 4) is 11.5 Å². The molecule has 0 saturated carbocycles. The maximum absolute atomic E-state index is 11.6. The summed E-state index contributed by atoms with van der Waals surface area (Å²) in [4.78, 5) is 15.5. The first kappa shape index (κ1) is 12.1. The summed E-state index contributed by atoms with van der Waals surface area (Å²) in [7, 11) is 0. The molecule has 2 rings (SSSR count). The van der Waals surface area contributed by atoms with Gasteiger partial charge in [0.15, 0.2) is 0 Å². The molecule has 0 bridgehead atoms. The third-order valence-corrected chi connectivity index (χ3v) is 2.22. The molecule has 4 nitrogen and oxygen atoms in total. The van der Waals surface area contributed by atoms with E-state index in [2.05, 4.69) is 4.98 Å². The average molecular weight is 243 g/mol. The predicted molar refractivity (Wildman–Crippen MR) is 66.7 cm³/mol. The minimum atomic E-state index is -0.353. The van der Waals surface area contributed by atoms with Crippen molar-refractivity contribution < 1.29 is 14.3 Å². The number of carbonyl (C=O) groups excluding carboxylic acids is 1. The first-order valence-corrected chi connectivity index (χ1v) is 5.64. The molecule has 0 fully saturated rings. The number of carbonyl (C=O) groups is 1. The second-order valence-electron chi connectivity index (χ2n) is 3.54. The fourth-order valence-corrected chi connectivity index (χ4v) is 1.44. The van der Waals surface area contributed by atoms with Crippen LogP contribution < -0.4 is 4.74 Å². The van der Waals surface area contributed by atoms with Gasteiger partial charge in [-0.2, -0.15) is 0 Å². The SMILES string of the molecule is CCOC(=O)c1cccc(Oc2cccnc2)c1. The van der Waals surface area contributed by atoms with Crippen molar-refractivity contribution in [1.82, 2.24) is 4.98 Å². The summed E-state index contributed by atoms with van der Waals surface area (Å²) in [5.41, 5.74) is 0.471. The Morgan fingerprint density at radius 3 is 2.78 bits per heavy atom. The second-order valence-corrected chi connectivity index (χ2v) is 3.54. The maximum atomic E-state index is 11.6. The Labute approximate surface area is 105 Å². The summed E-state index contributed by atoms with van der Waals surface area (Å²) < 4.78 is 10.5. The molecule has 0 N–H and O–H groups in total. The largest absolute Gasteiger partial charge is 0.462 e. The number of esters is 1. The van der Waals surface area contributed by atoms with E-state index in [1.54, 1.807) is 55.7 Å². The molecule has 0 aliphatic carbocycles. The number of aromatic nitrogens is 1. The first-order valence-electron chi connectivity index (χ1n) is 5.64. The van der Waals surface area contributed by atoms with Gasteiger partial charge in [-0.3, -0.25) is 4.98 Å². The summed E-state index contributed by atoms with van der Waals surface area (Å²) in [6, 6.07) is 10.4. The lowest BCUT2D eigenvalue weighted by Gasteiger charge is -2.06. The van der Waals surface area contributed by atoms with Crippen LogP contribution in [0.25, 0.3) is 0 Å². The van der Waals surface area contributed by atoms with Crippen molar-refractivity contribution in [1.29, 1.82) is 0 Å². The number of benzene rings is 1. The van der Waals surface area contributed by atoms with Crippen LogP contribution in [0.15, 0.2) is 48.8 Å². The lowest BCUT2D eigenvalue weighted by atomic mass is 10.2. The van der Waals surface area contributed by atoms with Crippen LogP contribution in [0.4, 0.5) is 0 Å². The molecule has 0 saturated heterocycles. The van der Waals surface area contributed by atoms with Crippen molar-refractivity contribution in [2.45, 2.75) is 6.92 Å². The van der Waals surface area contributed by atoms with E-state index in [9.17, 15) is 4.79 Å². The van der Waals surface area contributed by atoms with Crippen LogP contribution in [0.2, 0.25) is 0 Å². The van der Waals surface area contributed by atoms with Gasteiger partial charge < -0.3 is 9.47 Å². The standard InChI is InChI=1S/C14H13NO3/c1-2-17-14(16)11-5-3-6-12(9-11)18-13-7-4-8-15-10-13/h3-10H,2H2,1H3. The van der Waals surface area contributed by atoms with Gasteiger partial charge in [-0.1, -0.05) is 6.07 Å². The van der Waals surface area contributed by atoms with E-state index in [1.165, 1.54) is 0 Å². The molecule has 0 unspecified atom stereocenters. The molecule has 1 heterocycles. The van der Waals surface area contributed by atoms with E-state index in [1.807, 2.05) is 0 Å². The van der Waals surface area contributed by atoms with Gasteiger partial charge in [-0.05, 0) is 37.3 Å². The third kappa shape index (κ3) is 3.07. The molecular formula is C14H13NO3. The fraction of sp³-hybridized carbons (Fsp3) is 0.143. The van der Waals surface area contributed by atoms with Gasteiger partial charge in [0.1, 0.15) is 11.5 Å². The number of nitrogens with zero attached hydrogens (tertiary/aromatic N) is 1. The van der Waals surface area contributed by atoms with Gasteiger partial charge in [-0.15, -0.1) is 0 Å². The fourth-order valence-electron chi connectivity index (χ4n) is 1.44. The minimum Gasteiger partial charge on any atom is -0.462 e. The predicted octanol–water partition coefficient (Wildman–Crippen LogP) is 3.05. The number of hydrogen-bond donors (Lipinski definition) is 0. The quantitative estimate of drug-likeness (QED) is 0.774. The summed E-state index contributed by atoms with van der Waals surface area (Å²) in [5, 5.41) is 0. The molecule has 0 aliphatic rings. The van der Waals surface area contributed by atoms with Crippen LogP contribution in [0.5, 0.6) is 11.5 Å². The molecule has 1 aromatic heterocycles. The van der Waals surface area contributed by atoms with Gasteiger partial charge >= 0.3 is 5.97 Å². The molecule has 4 heteroatoms.